The molecule has 1 amide bonds. The summed E-state index contributed by atoms with van der Waals surface area (Å²) in [7, 11) is 0. The van der Waals surface area contributed by atoms with Crippen molar-refractivity contribution >= 4 is 17.2 Å². The first-order valence-electron chi connectivity index (χ1n) is 6.14. The van der Waals surface area contributed by atoms with E-state index in [-0.39, 0.29) is 5.91 Å². The first-order valence-corrected chi connectivity index (χ1v) is 7.02. The highest BCUT2D eigenvalue weighted by Gasteiger charge is 2.10. The van der Waals surface area contributed by atoms with Gasteiger partial charge in [0.2, 0.25) is 0 Å². The number of carbonyl (C=O) groups is 1. The van der Waals surface area contributed by atoms with Crippen LogP contribution in [0.25, 0.3) is 0 Å². The number of hydrogen-bond acceptors (Lipinski definition) is 5. The maximum absolute atomic E-state index is 11.5. The zero-order valence-electron chi connectivity index (χ0n) is 10.9. The van der Waals surface area contributed by atoms with Gasteiger partial charge < -0.3 is 9.47 Å². The number of rotatable bonds is 7. The highest BCUT2D eigenvalue weighted by atomic mass is 32.1. The van der Waals surface area contributed by atoms with Crippen molar-refractivity contribution < 1.29 is 14.3 Å². The number of ether oxygens (including phenoxy) is 2. The minimum atomic E-state index is -0.375. The van der Waals surface area contributed by atoms with Crippen molar-refractivity contribution in [2.45, 2.75) is 6.61 Å². The summed E-state index contributed by atoms with van der Waals surface area (Å²) in [5, 5.41) is 2.01. The van der Waals surface area contributed by atoms with Gasteiger partial charge in [-0.3, -0.25) is 10.2 Å². The van der Waals surface area contributed by atoms with Crippen LogP contribution in [0.2, 0.25) is 0 Å². The van der Waals surface area contributed by atoms with Gasteiger partial charge in [0.1, 0.15) is 12.4 Å². The molecule has 1 aromatic carbocycles. The van der Waals surface area contributed by atoms with Gasteiger partial charge in [-0.05, 0) is 23.6 Å². The van der Waals surface area contributed by atoms with Gasteiger partial charge in [0.05, 0.1) is 18.8 Å². The molecule has 1 aromatic heterocycles. The molecule has 2 aromatic rings. The number of benzene rings is 1. The van der Waals surface area contributed by atoms with Crippen LogP contribution in [0.1, 0.15) is 15.2 Å². The Balaban J connectivity index is 1.78. The van der Waals surface area contributed by atoms with E-state index in [9.17, 15) is 4.79 Å². The lowest BCUT2D eigenvalue weighted by Gasteiger charge is -2.10. The van der Waals surface area contributed by atoms with Gasteiger partial charge in [-0.25, -0.2) is 5.84 Å². The molecule has 2 rings (SSSR count). The van der Waals surface area contributed by atoms with E-state index >= 15 is 0 Å². The number of para-hydroxylation sites is 1. The van der Waals surface area contributed by atoms with Crippen molar-refractivity contribution in [1.29, 1.82) is 0 Å². The van der Waals surface area contributed by atoms with Gasteiger partial charge in [-0.15, -0.1) is 11.3 Å². The topological polar surface area (TPSA) is 73.6 Å². The van der Waals surface area contributed by atoms with Gasteiger partial charge in [-0.2, -0.15) is 0 Å². The number of nitrogen functional groups attached to an aromatic ring is 1. The Morgan fingerprint density at radius 1 is 1.20 bits per heavy atom. The monoisotopic (exact) mass is 292 g/mol. The Morgan fingerprint density at radius 3 is 2.80 bits per heavy atom. The average Bonchev–Trinajstić information content (AvgIpc) is 3.00. The highest BCUT2D eigenvalue weighted by Crippen LogP contribution is 2.17. The molecule has 0 atom stereocenters. The van der Waals surface area contributed by atoms with Crippen LogP contribution in [-0.2, 0) is 11.3 Å². The van der Waals surface area contributed by atoms with Crippen LogP contribution in [0.15, 0.2) is 41.8 Å². The molecule has 5 nitrogen and oxygen atoms in total. The Hall–Kier alpha value is -1.89. The summed E-state index contributed by atoms with van der Waals surface area (Å²) in [5.41, 5.74) is 2.50. The third-order valence-electron chi connectivity index (χ3n) is 2.57. The van der Waals surface area contributed by atoms with Gasteiger partial charge >= 0.3 is 0 Å². The number of carbonyl (C=O) groups excluding carboxylic acids is 1. The van der Waals surface area contributed by atoms with Crippen molar-refractivity contribution in [3.8, 4) is 5.75 Å². The van der Waals surface area contributed by atoms with Crippen LogP contribution in [-0.4, -0.2) is 19.1 Å². The Morgan fingerprint density at radius 2 is 2.05 bits per heavy atom. The summed E-state index contributed by atoms with van der Waals surface area (Å²) >= 11 is 1.65. The molecule has 0 unspecified atom stereocenters. The SMILES string of the molecule is NNC(=O)c1ccccc1OCCOCc1cccs1. The molecule has 6 heteroatoms. The summed E-state index contributed by atoms with van der Waals surface area (Å²) in [4.78, 5) is 12.7. The maximum Gasteiger partial charge on any atom is 0.268 e. The Labute approximate surface area is 121 Å². The van der Waals surface area contributed by atoms with Crippen molar-refractivity contribution in [2.24, 2.45) is 5.84 Å². The number of nitrogens with two attached hydrogens (primary N) is 1. The minimum absolute atomic E-state index is 0.375. The number of hydrazine groups is 1. The van der Waals surface area contributed by atoms with Crippen molar-refractivity contribution in [1.82, 2.24) is 5.43 Å². The van der Waals surface area contributed by atoms with E-state index in [1.54, 1.807) is 35.6 Å². The number of thiophene rings is 1. The molecule has 20 heavy (non-hydrogen) atoms. The molecular formula is C14H16N2O3S. The lowest BCUT2D eigenvalue weighted by atomic mass is 10.2. The second kappa shape index (κ2) is 7.64. The molecule has 0 bridgehead atoms. The van der Waals surface area contributed by atoms with Gasteiger partial charge in [0.25, 0.3) is 5.91 Å². The molecule has 0 saturated heterocycles. The van der Waals surface area contributed by atoms with Crippen molar-refractivity contribution in [3.63, 3.8) is 0 Å². The van der Waals surface area contributed by atoms with Crippen LogP contribution in [0.4, 0.5) is 0 Å². The van der Waals surface area contributed by atoms with Crippen LogP contribution in [0.5, 0.6) is 5.75 Å². The van der Waals surface area contributed by atoms with Crippen LogP contribution < -0.4 is 16.0 Å². The second-order valence-corrected chi connectivity index (χ2v) is 4.98. The van der Waals surface area contributed by atoms with Crippen molar-refractivity contribution in [3.05, 3.63) is 52.2 Å². The zero-order valence-corrected chi connectivity index (χ0v) is 11.7. The van der Waals surface area contributed by atoms with Gasteiger partial charge in [0.15, 0.2) is 0 Å². The first-order chi connectivity index (χ1) is 9.81. The van der Waals surface area contributed by atoms with Crippen LogP contribution >= 0.6 is 11.3 Å². The van der Waals surface area contributed by atoms with Crippen LogP contribution in [0.3, 0.4) is 0 Å². The number of hydrogen-bond donors (Lipinski definition) is 2. The number of amides is 1. The quantitative estimate of drug-likeness (QED) is 0.354. The standard InChI is InChI=1S/C14H16N2O3S/c15-16-14(17)12-5-1-2-6-13(12)19-8-7-18-10-11-4-3-9-20-11/h1-6,9H,7-8,10,15H2,(H,16,17). The summed E-state index contributed by atoms with van der Waals surface area (Å²) in [6.07, 6.45) is 0. The molecule has 1 heterocycles. The van der Waals surface area contributed by atoms with E-state index in [0.29, 0.717) is 31.1 Å². The second-order valence-electron chi connectivity index (χ2n) is 3.95. The largest absolute Gasteiger partial charge is 0.490 e. The van der Waals surface area contributed by atoms with Gasteiger partial charge in [-0.1, -0.05) is 18.2 Å². The third kappa shape index (κ3) is 4.06. The van der Waals surface area contributed by atoms with E-state index in [2.05, 4.69) is 5.43 Å². The maximum atomic E-state index is 11.5. The summed E-state index contributed by atoms with van der Waals surface area (Å²) in [6.45, 7) is 1.41. The first kappa shape index (κ1) is 14.5. The summed E-state index contributed by atoms with van der Waals surface area (Å²) in [6, 6.07) is 10.9. The molecule has 0 aliphatic heterocycles. The average molecular weight is 292 g/mol. The Bertz CT molecular complexity index is 543. The minimum Gasteiger partial charge on any atom is -0.490 e. The number of nitrogens with one attached hydrogen (secondary N) is 1. The third-order valence-corrected chi connectivity index (χ3v) is 3.42. The van der Waals surface area contributed by atoms with Crippen LogP contribution in [0, 0.1) is 0 Å². The molecule has 0 saturated carbocycles. The fourth-order valence-corrected chi connectivity index (χ4v) is 2.28. The molecular weight excluding hydrogens is 276 g/mol. The van der Waals surface area contributed by atoms with E-state index in [1.807, 2.05) is 17.5 Å². The zero-order chi connectivity index (χ0) is 14.2. The normalized spacial score (nSPS) is 10.2. The van der Waals surface area contributed by atoms with E-state index in [4.69, 9.17) is 15.3 Å². The van der Waals surface area contributed by atoms with E-state index in [0.717, 1.165) is 0 Å². The summed E-state index contributed by atoms with van der Waals surface area (Å²) < 4.78 is 11.0. The lowest BCUT2D eigenvalue weighted by molar-refractivity contribution is 0.0877. The molecule has 3 N–H and O–H groups in total. The lowest BCUT2D eigenvalue weighted by Crippen LogP contribution is -2.30. The fraction of sp³-hybridized carbons (Fsp3) is 0.214. The molecule has 0 radical (unpaired) electrons. The predicted molar refractivity (Wildman–Crippen MR) is 77.6 cm³/mol. The van der Waals surface area contributed by atoms with E-state index in [1.165, 1.54) is 4.88 Å². The molecule has 0 fully saturated rings. The predicted octanol–water partition coefficient (Wildman–Crippen LogP) is 1.95. The fourth-order valence-electron chi connectivity index (χ4n) is 1.64. The van der Waals surface area contributed by atoms with Gasteiger partial charge in [0, 0.05) is 4.88 Å². The van der Waals surface area contributed by atoms with E-state index < -0.39 is 0 Å². The molecule has 0 aliphatic carbocycles. The molecule has 0 spiro atoms. The summed E-state index contributed by atoms with van der Waals surface area (Å²) in [5.74, 6) is 5.25. The van der Waals surface area contributed by atoms with Crippen molar-refractivity contribution in [2.75, 3.05) is 13.2 Å². The smallest absolute Gasteiger partial charge is 0.268 e. The molecule has 0 aliphatic rings. The Kier molecular flexibility index (Phi) is 5.55. The molecule has 106 valence electrons. The highest BCUT2D eigenvalue weighted by molar-refractivity contribution is 7.09.